The topological polar surface area (TPSA) is 93.5 Å². The highest BCUT2D eigenvalue weighted by Crippen LogP contribution is 2.17. The van der Waals surface area contributed by atoms with Crippen molar-refractivity contribution >= 4 is 29.3 Å². The zero-order chi connectivity index (χ0) is 20.6. The fourth-order valence-corrected chi connectivity index (χ4v) is 2.72. The largest absolute Gasteiger partial charge is 0.448 e. The van der Waals surface area contributed by atoms with Gasteiger partial charge in [-0.1, -0.05) is 35.9 Å². The highest BCUT2D eigenvalue weighted by Gasteiger charge is 2.12. The molecule has 0 aliphatic heterocycles. The van der Waals surface area contributed by atoms with Gasteiger partial charge in [-0.2, -0.15) is 0 Å². The Kier molecular flexibility index (Phi) is 6.86. The predicted molar refractivity (Wildman–Crippen MR) is 108 cm³/mol. The van der Waals surface area contributed by atoms with Crippen LogP contribution in [-0.2, 0) is 22.6 Å². The molecule has 29 heavy (non-hydrogen) atoms. The first-order valence-corrected chi connectivity index (χ1v) is 9.33. The van der Waals surface area contributed by atoms with E-state index in [1.165, 1.54) is 12.5 Å². The van der Waals surface area contributed by atoms with Crippen LogP contribution in [0.4, 0.5) is 10.5 Å². The summed E-state index contributed by atoms with van der Waals surface area (Å²) in [6.07, 6.45) is 2.45. The Balaban J connectivity index is 1.46. The Bertz CT molecular complexity index is 941. The van der Waals surface area contributed by atoms with Crippen LogP contribution in [0.25, 0.3) is 0 Å². The molecule has 8 heteroatoms. The molecule has 150 valence electrons. The van der Waals surface area contributed by atoms with E-state index in [4.69, 9.17) is 20.8 Å². The first-order chi connectivity index (χ1) is 14.0. The third-order valence-electron chi connectivity index (χ3n) is 4.11. The van der Waals surface area contributed by atoms with Gasteiger partial charge in [-0.05, 0) is 42.3 Å². The summed E-state index contributed by atoms with van der Waals surface area (Å²) in [6, 6.07) is 14.0. The Labute approximate surface area is 173 Å². The van der Waals surface area contributed by atoms with Gasteiger partial charge in [0.2, 0.25) is 11.8 Å². The van der Waals surface area contributed by atoms with E-state index in [-0.39, 0.29) is 25.0 Å². The van der Waals surface area contributed by atoms with E-state index < -0.39 is 6.09 Å². The number of carbonyl (C=O) groups is 2. The van der Waals surface area contributed by atoms with E-state index in [1.807, 2.05) is 19.1 Å². The summed E-state index contributed by atoms with van der Waals surface area (Å²) in [7, 11) is 0. The minimum atomic E-state index is -0.556. The van der Waals surface area contributed by atoms with Crippen molar-refractivity contribution in [1.29, 1.82) is 0 Å². The lowest BCUT2D eigenvalue weighted by molar-refractivity contribution is -0.121. The SMILES string of the molecule is CC(NC(=O)Cc1ncco1)c1ccc(NC(=O)OCc2ccc(Cl)cc2)cc1. The molecule has 0 aliphatic carbocycles. The van der Waals surface area contributed by atoms with Crippen LogP contribution in [0.2, 0.25) is 5.02 Å². The quantitative estimate of drug-likeness (QED) is 0.595. The van der Waals surface area contributed by atoms with Crippen molar-refractivity contribution in [2.24, 2.45) is 0 Å². The maximum atomic E-state index is 12.0. The number of amides is 2. The van der Waals surface area contributed by atoms with Crippen LogP contribution in [0.15, 0.2) is 65.4 Å². The minimum Gasteiger partial charge on any atom is -0.448 e. The summed E-state index contributed by atoms with van der Waals surface area (Å²) >= 11 is 5.83. The summed E-state index contributed by atoms with van der Waals surface area (Å²) in [6.45, 7) is 2.02. The van der Waals surface area contributed by atoms with Crippen LogP contribution in [0, 0.1) is 0 Å². The lowest BCUT2D eigenvalue weighted by Gasteiger charge is -2.14. The first-order valence-electron chi connectivity index (χ1n) is 8.95. The van der Waals surface area contributed by atoms with Crippen molar-refractivity contribution in [1.82, 2.24) is 10.3 Å². The number of oxazole rings is 1. The average molecular weight is 414 g/mol. The van der Waals surface area contributed by atoms with Crippen LogP contribution < -0.4 is 10.6 Å². The third kappa shape index (κ3) is 6.36. The predicted octanol–water partition coefficient (Wildman–Crippen LogP) is 4.50. The zero-order valence-electron chi connectivity index (χ0n) is 15.7. The normalized spacial score (nSPS) is 11.5. The second-order valence-corrected chi connectivity index (χ2v) is 6.78. The van der Waals surface area contributed by atoms with Crippen LogP contribution in [0.1, 0.15) is 30.0 Å². The second-order valence-electron chi connectivity index (χ2n) is 6.34. The number of nitrogens with zero attached hydrogens (tertiary/aromatic N) is 1. The number of anilines is 1. The van der Waals surface area contributed by atoms with Gasteiger partial charge in [0.25, 0.3) is 0 Å². The van der Waals surface area contributed by atoms with Crippen molar-refractivity contribution in [3.63, 3.8) is 0 Å². The lowest BCUT2D eigenvalue weighted by atomic mass is 10.1. The maximum Gasteiger partial charge on any atom is 0.411 e. The number of halogens is 1. The van der Waals surface area contributed by atoms with Gasteiger partial charge in [0.1, 0.15) is 19.3 Å². The van der Waals surface area contributed by atoms with E-state index in [0.717, 1.165) is 11.1 Å². The number of carbonyl (C=O) groups excluding carboxylic acids is 2. The summed E-state index contributed by atoms with van der Waals surface area (Å²) in [5.74, 6) is 0.180. The standard InChI is InChI=1S/C21H20ClN3O4/c1-14(24-19(26)12-20-23-10-11-28-20)16-4-8-18(9-5-16)25-21(27)29-13-15-2-6-17(22)7-3-15/h2-11,14H,12-13H2,1H3,(H,24,26)(H,25,27). The summed E-state index contributed by atoms with van der Waals surface area (Å²) in [5, 5.41) is 6.17. The fourth-order valence-electron chi connectivity index (χ4n) is 2.59. The van der Waals surface area contributed by atoms with Crippen LogP contribution >= 0.6 is 11.6 Å². The summed E-state index contributed by atoms with van der Waals surface area (Å²) < 4.78 is 10.3. The smallest absolute Gasteiger partial charge is 0.411 e. The van der Waals surface area contributed by atoms with Gasteiger partial charge < -0.3 is 14.5 Å². The van der Waals surface area contributed by atoms with Crippen molar-refractivity contribution in [3.8, 4) is 0 Å². The van der Waals surface area contributed by atoms with Crippen molar-refractivity contribution in [3.05, 3.63) is 83.0 Å². The second kappa shape index (κ2) is 9.75. The molecular weight excluding hydrogens is 394 g/mol. The number of nitrogens with one attached hydrogen (secondary N) is 2. The van der Waals surface area contributed by atoms with Gasteiger partial charge in [0.05, 0.1) is 12.2 Å². The highest BCUT2D eigenvalue weighted by molar-refractivity contribution is 6.30. The molecule has 2 N–H and O–H groups in total. The van der Waals surface area contributed by atoms with Gasteiger partial charge in [0.15, 0.2) is 0 Å². The number of rotatable bonds is 7. The third-order valence-corrected chi connectivity index (χ3v) is 4.36. The Morgan fingerprint density at radius 3 is 2.52 bits per heavy atom. The molecule has 3 aromatic rings. The number of hydrogen-bond acceptors (Lipinski definition) is 5. The minimum absolute atomic E-state index is 0.0798. The molecule has 0 saturated carbocycles. The summed E-state index contributed by atoms with van der Waals surface area (Å²) in [5.41, 5.74) is 2.33. The number of ether oxygens (including phenoxy) is 1. The molecular formula is C21H20ClN3O4. The van der Waals surface area contributed by atoms with Crippen LogP contribution in [0.5, 0.6) is 0 Å². The number of hydrogen-bond donors (Lipinski definition) is 2. The average Bonchev–Trinajstić information content (AvgIpc) is 3.21. The number of aromatic nitrogens is 1. The van der Waals surface area contributed by atoms with E-state index in [0.29, 0.717) is 16.6 Å². The van der Waals surface area contributed by atoms with Crippen LogP contribution in [-0.4, -0.2) is 17.0 Å². The van der Waals surface area contributed by atoms with Crippen molar-refractivity contribution in [2.75, 3.05) is 5.32 Å². The van der Waals surface area contributed by atoms with Crippen molar-refractivity contribution in [2.45, 2.75) is 26.0 Å². The monoisotopic (exact) mass is 413 g/mol. The van der Waals surface area contributed by atoms with Gasteiger partial charge in [-0.15, -0.1) is 0 Å². The number of benzene rings is 2. The summed E-state index contributed by atoms with van der Waals surface area (Å²) in [4.78, 5) is 27.9. The van der Waals surface area contributed by atoms with Crippen molar-refractivity contribution < 1.29 is 18.7 Å². The molecule has 0 bridgehead atoms. The Morgan fingerprint density at radius 1 is 1.14 bits per heavy atom. The molecule has 3 rings (SSSR count). The first kappa shape index (κ1) is 20.4. The van der Waals surface area contributed by atoms with E-state index >= 15 is 0 Å². The molecule has 2 amide bonds. The highest BCUT2D eigenvalue weighted by atomic mass is 35.5. The van der Waals surface area contributed by atoms with Gasteiger partial charge in [0, 0.05) is 10.7 Å². The van der Waals surface area contributed by atoms with Gasteiger partial charge >= 0.3 is 6.09 Å². The van der Waals surface area contributed by atoms with Gasteiger partial charge in [-0.3, -0.25) is 10.1 Å². The molecule has 0 radical (unpaired) electrons. The molecule has 0 fully saturated rings. The van der Waals surface area contributed by atoms with Crippen LogP contribution in [0.3, 0.4) is 0 Å². The van der Waals surface area contributed by atoms with Gasteiger partial charge in [-0.25, -0.2) is 9.78 Å². The molecule has 1 heterocycles. The Morgan fingerprint density at radius 2 is 1.86 bits per heavy atom. The lowest BCUT2D eigenvalue weighted by Crippen LogP contribution is -2.28. The molecule has 0 spiro atoms. The molecule has 1 aromatic heterocycles. The van der Waals surface area contributed by atoms with E-state index in [9.17, 15) is 9.59 Å². The fraction of sp³-hybridized carbons (Fsp3) is 0.190. The Hall–Kier alpha value is -3.32. The van der Waals surface area contributed by atoms with E-state index in [2.05, 4.69) is 15.6 Å². The molecule has 7 nitrogen and oxygen atoms in total. The molecule has 0 saturated heterocycles. The molecule has 1 unspecified atom stereocenters. The maximum absolute atomic E-state index is 12.0. The molecule has 2 aromatic carbocycles. The molecule has 0 aliphatic rings. The van der Waals surface area contributed by atoms with E-state index in [1.54, 1.807) is 36.4 Å². The molecule has 1 atom stereocenters. The zero-order valence-corrected chi connectivity index (χ0v) is 16.5.